The molecular weight excluding hydrogens is 277 g/mol. The Kier molecular flexibility index (Phi) is 5.85. The first kappa shape index (κ1) is 15.5. The predicted molar refractivity (Wildman–Crippen MR) is 69.5 cm³/mol. The van der Waals surface area contributed by atoms with Gasteiger partial charge in [-0.05, 0) is 6.07 Å². The molecule has 2 N–H and O–H groups in total. The quantitative estimate of drug-likeness (QED) is 0.616. The molecule has 0 saturated carbocycles. The van der Waals surface area contributed by atoms with Crippen molar-refractivity contribution in [2.75, 3.05) is 32.0 Å². The van der Waals surface area contributed by atoms with Crippen LogP contribution in [0.3, 0.4) is 0 Å². The van der Waals surface area contributed by atoms with Crippen molar-refractivity contribution in [3.05, 3.63) is 23.5 Å². The summed E-state index contributed by atoms with van der Waals surface area (Å²) in [5, 5.41) is 12.2. The molecule has 1 aromatic rings. The first-order chi connectivity index (χ1) is 9.03. The number of carbonyl (C=O) groups is 1. The van der Waals surface area contributed by atoms with Crippen LogP contribution in [-0.2, 0) is 4.74 Å². The van der Waals surface area contributed by atoms with E-state index in [4.69, 9.17) is 16.3 Å². The molecule has 0 aliphatic rings. The second-order valence-electron chi connectivity index (χ2n) is 3.71. The molecule has 0 saturated heterocycles. The number of rotatable bonds is 6. The first-order valence-corrected chi connectivity index (χ1v) is 6.00. The molecule has 1 unspecified atom stereocenters. The van der Waals surface area contributed by atoms with Crippen LogP contribution in [-0.4, -0.2) is 43.8 Å². The Morgan fingerprint density at radius 3 is 2.74 bits per heavy atom. The van der Waals surface area contributed by atoms with Gasteiger partial charge in [-0.25, -0.2) is 9.18 Å². The lowest BCUT2D eigenvalue weighted by molar-refractivity contribution is 0.0600. The van der Waals surface area contributed by atoms with Crippen LogP contribution in [0, 0.1) is 5.82 Å². The van der Waals surface area contributed by atoms with Crippen LogP contribution >= 0.6 is 11.6 Å². The van der Waals surface area contributed by atoms with Gasteiger partial charge in [-0.15, -0.1) is 11.6 Å². The van der Waals surface area contributed by atoms with Crippen LogP contribution in [0.2, 0.25) is 0 Å². The summed E-state index contributed by atoms with van der Waals surface area (Å²) >= 11 is 5.47. The lowest BCUT2D eigenvalue weighted by Crippen LogP contribution is -2.22. The summed E-state index contributed by atoms with van der Waals surface area (Å²) in [7, 11) is 2.54. The largest absolute Gasteiger partial charge is 0.494 e. The number of aliphatic hydroxyl groups excluding tert-OH is 1. The third-order valence-electron chi connectivity index (χ3n) is 2.38. The molecule has 0 amide bonds. The third-order valence-corrected chi connectivity index (χ3v) is 2.74. The number of methoxy groups -OCH3 is 2. The fourth-order valence-electron chi connectivity index (χ4n) is 1.47. The van der Waals surface area contributed by atoms with Crippen molar-refractivity contribution < 1.29 is 23.8 Å². The Morgan fingerprint density at radius 1 is 1.53 bits per heavy atom. The van der Waals surface area contributed by atoms with Crippen molar-refractivity contribution in [3.63, 3.8) is 0 Å². The second kappa shape index (κ2) is 7.16. The van der Waals surface area contributed by atoms with Crippen molar-refractivity contribution in [3.8, 4) is 5.75 Å². The zero-order chi connectivity index (χ0) is 14.4. The van der Waals surface area contributed by atoms with Gasteiger partial charge in [0.25, 0.3) is 0 Å². The minimum atomic E-state index is -0.804. The smallest absolute Gasteiger partial charge is 0.340 e. The standard InChI is InChI=1S/C12H15ClFNO4/c1-18-10-4-7(14)3-9(12(17)19-2)11(10)15-6-8(16)5-13/h3-4,8,15-16H,5-6H2,1-2H3. The average molecular weight is 292 g/mol. The number of halogens is 2. The maximum atomic E-state index is 13.4. The number of carbonyl (C=O) groups excluding carboxylic acids is 1. The van der Waals surface area contributed by atoms with Crippen LogP contribution in [0.1, 0.15) is 10.4 Å². The van der Waals surface area contributed by atoms with E-state index in [1.54, 1.807) is 0 Å². The summed E-state index contributed by atoms with van der Waals surface area (Å²) < 4.78 is 22.9. The van der Waals surface area contributed by atoms with Crippen molar-refractivity contribution in [2.24, 2.45) is 0 Å². The molecule has 0 radical (unpaired) electrons. The van der Waals surface area contributed by atoms with Gasteiger partial charge < -0.3 is 19.9 Å². The van der Waals surface area contributed by atoms with Crippen LogP contribution in [0.15, 0.2) is 12.1 Å². The average Bonchev–Trinajstić information content (AvgIpc) is 2.43. The van der Waals surface area contributed by atoms with E-state index in [0.717, 1.165) is 12.1 Å². The second-order valence-corrected chi connectivity index (χ2v) is 4.02. The van der Waals surface area contributed by atoms with E-state index in [0.29, 0.717) is 0 Å². The first-order valence-electron chi connectivity index (χ1n) is 5.47. The van der Waals surface area contributed by atoms with Crippen LogP contribution < -0.4 is 10.1 Å². The summed E-state index contributed by atoms with van der Waals surface area (Å²) in [6, 6.07) is 2.16. The number of alkyl halides is 1. The highest BCUT2D eigenvalue weighted by Crippen LogP contribution is 2.30. The maximum absolute atomic E-state index is 13.4. The molecule has 0 spiro atoms. The van der Waals surface area contributed by atoms with Crippen LogP contribution in [0.5, 0.6) is 5.75 Å². The Hall–Kier alpha value is -1.53. The number of hydrogen-bond acceptors (Lipinski definition) is 5. The minimum Gasteiger partial charge on any atom is -0.494 e. The van der Waals surface area contributed by atoms with Gasteiger partial charge in [-0.3, -0.25) is 0 Å². The molecule has 1 rings (SSSR count). The number of hydrogen-bond donors (Lipinski definition) is 2. The molecule has 1 aromatic carbocycles. The summed E-state index contributed by atoms with van der Waals surface area (Å²) in [6.07, 6.45) is -0.804. The molecule has 5 nitrogen and oxygen atoms in total. The minimum absolute atomic E-state index is 0.0128. The van der Waals surface area contributed by atoms with Gasteiger partial charge in [0.2, 0.25) is 0 Å². The van der Waals surface area contributed by atoms with Gasteiger partial charge in [-0.1, -0.05) is 0 Å². The molecule has 0 aromatic heterocycles. The SMILES string of the molecule is COC(=O)c1cc(F)cc(OC)c1NCC(O)CCl. The maximum Gasteiger partial charge on any atom is 0.340 e. The molecule has 7 heteroatoms. The van der Waals surface area contributed by atoms with Gasteiger partial charge in [0, 0.05) is 12.6 Å². The Bertz CT molecular complexity index is 456. The summed E-state index contributed by atoms with van der Waals surface area (Å²) in [5.41, 5.74) is 0.237. The summed E-state index contributed by atoms with van der Waals surface area (Å²) in [6.45, 7) is 0.0927. The zero-order valence-corrected chi connectivity index (χ0v) is 11.3. The predicted octanol–water partition coefficient (Wildman–Crippen LogP) is 1.63. The number of nitrogens with one attached hydrogen (secondary N) is 1. The fraction of sp³-hybridized carbons (Fsp3) is 0.417. The molecule has 106 valence electrons. The van der Waals surface area contributed by atoms with E-state index in [2.05, 4.69) is 10.1 Å². The third kappa shape index (κ3) is 3.97. The highest BCUT2D eigenvalue weighted by atomic mass is 35.5. The number of esters is 1. The van der Waals surface area contributed by atoms with Crippen molar-refractivity contribution in [1.82, 2.24) is 0 Å². The molecule has 1 atom stereocenters. The number of benzene rings is 1. The highest BCUT2D eigenvalue weighted by Gasteiger charge is 2.19. The van der Waals surface area contributed by atoms with Crippen LogP contribution in [0.25, 0.3) is 0 Å². The van der Waals surface area contributed by atoms with E-state index in [1.807, 2.05) is 0 Å². The number of anilines is 1. The van der Waals surface area contributed by atoms with Gasteiger partial charge in [-0.2, -0.15) is 0 Å². The fourth-order valence-corrected chi connectivity index (χ4v) is 1.58. The molecular formula is C12H15ClFNO4. The Labute approximate surface area is 115 Å². The van der Waals surface area contributed by atoms with E-state index in [9.17, 15) is 14.3 Å². The van der Waals surface area contributed by atoms with Gasteiger partial charge in [0.15, 0.2) is 0 Å². The Balaban J connectivity index is 3.13. The topological polar surface area (TPSA) is 67.8 Å². The van der Waals surface area contributed by atoms with Crippen molar-refractivity contribution in [2.45, 2.75) is 6.10 Å². The van der Waals surface area contributed by atoms with Crippen molar-refractivity contribution in [1.29, 1.82) is 0 Å². The number of ether oxygens (including phenoxy) is 2. The van der Waals surface area contributed by atoms with Crippen LogP contribution in [0.4, 0.5) is 10.1 Å². The molecule has 0 bridgehead atoms. The number of aliphatic hydroxyl groups is 1. The highest BCUT2D eigenvalue weighted by molar-refractivity contribution is 6.18. The van der Waals surface area contributed by atoms with Gasteiger partial charge in [0.05, 0.1) is 37.5 Å². The lowest BCUT2D eigenvalue weighted by atomic mass is 10.1. The zero-order valence-electron chi connectivity index (χ0n) is 10.6. The molecule has 19 heavy (non-hydrogen) atoms. The van der Waals surface area contributed by atoms with E-state index in [1.165, 1.54) is 14.2 Å². The molecule has 0 fully saturated rings. The monoisotopic (exact) mass is 291 g/mol. The molecule has 0 aliphatic heterocycles. The lowest BCUT2D eigenvalue weighted by Gasteiger charge is -2.16. The van der Waals surface area contributed by atoms with Crippen molar-refractivity contribution >= 4 is 23.3 Å². The molecule has 0 heterocycles. The van der Waals surface area contributed by atoms with E-state index < -0.39 is 17.9 Å². The summed E-state index contributed by atoms with van der Waals surface area (Å²) in [5.74, 6) is -1.16. The van der Waals surface area contributed by atoms with E-state index in [-0.39, 0.29) is 29.4 Å². The van der Waals surface area contributed by atoms with Gasteiger partial charge >= 0.3 is 5.97 Å². The van der Waals surface area contributed by atoms with Gasteiger partial charge in [0.1, 0.15) is 11.6 Å². The van der Waals surface area contributed by atoms with E-state index >= 15 is 0 Å². The Morgan fingerprint density at radius 2 is 2.21 bits per heavy atom. The summed E-state index contributed by atoms with van der Waals surface area (Å²) in [4.78, 5) is 11.6. The molecule has 0 aliphatic carbocycles. The normalized spacial score (nSPS) is 11.8.